The third-order valence-electron chi connectivity index (χ3n) is 4.20. The fraction of sp³-hybridized carbons (Fsp3) is 0.136. The monoisotopic (exact) mass is 410 g/mol. The molecule has 0 aromatic heterocycles. The first-order chi connectivity index (χ1) is 13.8. The Hall–Kier alpha value is -3.32. The van der Waals surface area contributed by atoms with Gasteiger partial charge in [0.05, 0.1) is 17.6 Å². The number of anilines is 2. The molecular weight excluding hydrogens is 388 g/mol. The van der Waals surface area contributed by atoms with E-state index in [1.807, 2.05) is 36.4 Å². The molecule has 29 heavy (non-hydrogen) atoms. The number of ether oxygens (including phenoxy) is 1. The average Bonchev–Trinajstić information content (AvgIpc) is 2.68. The second-order valence-corrected chi connectivity index (χ2v) is 8.42. The second-order valence-electron chi connectivity index (χ2n) is 6.52. The van der Waals surface area contributed by atoms with E-state index >= 15 is 0 Å². The van der Waals surface area contributed by atoms with E-state index in [0.29, 0.717) is 22.9 Å². The van der Waals surface area contributed by atoms with Crippen LogP contribution in [-0.4, -0.2) is 27.1 Å². The molecule has 1 amide bonds. The Bertz CT molecular complexity index is 1100. The zero-order valence-electron chi connectivity index (χ0n) is 16.2. The molecule has 0 spiro atoms. The van der Waals surface area contributed by atoms with Crippen molar-refractivity contribution in [3.05, 3.63) is 84.4 Å². The summed E-state index contributed by atoms with van der Waals surface area (Å²) in [5.41, 5.74) is 1.69. The SMILES string of the molecule is Cc1ccccc1N(CC(=O)Nc1ccccc1Oc1ccccc1)S(C)(=O)=O. The van der Waals surface area contributed by atoms with Gasteiger partial charge in [0.25, 0.3) is 0 Å². The van der Waals surface area contributed by atoms with E-state index < -0.39 is 15.9 Å². The predicted octanol–water partition coefficient (Wildman–Crippen LogP) is 4.19. The molecule has 0 aliphatic carbocycles. The van der Waals surface area contributed by atoms with Crippen LogP contribution in [0.5, 0.6) is 11.5 Å². The van der Waals surface area contributed by atoms with E-state index in [1.165, 1.54) is 0 Å². The summed E-state index contributed by atoms with van der Waals surface area (Å²) in [6.45, 7) is 1.46. The minimum atomic E-state index is -3.65. The summed E-state index contributed by atoms with van der Waals surface area (Å²) in [5, 5.41) is 2.75. The van der Waals surface area contributed by atoms with Gasteiger partial charge in [-0.3, -0.25) is 9.10 Å². The molecule has 7 heteroatoms. The number of para-hydroxylation sites is 4. The highest BCUT2D eigenvalue weighted by Gasteiger charge is 2.22. The Morgan fingerprint density at radius 3 is 2.24 bits per heavy atom. The quantitative estimate of drug-likeness (QED) is 0.634. The standard InChI is InChI=1S/C22H22N2O4S/c1-17-10-6-8-14-20(17)24(29(2,26)27)16-22(25)23-19-13-7-9-15-21(19)28-18-11-4-3-5-12-18/h3-15H,16H2,1-2H3,(H,23,25). The average molecular weight is 410 g/mol. The van der Waals surface area contributed by atoms with Crippen LogP contribution in [0.1, 0.15) is 5.56 Å². The fourth-order valence-corrected chi connectivity index (χ4v) is 3.73. The minimum Gasteiger partial charge on any atom is -0.455 e. The lowest BCUT2D eigenvalue weighted by Gasteiger charge is -2.23. The van der Waals surface area contributed by atoms with Crippen LogP contribution in [0.4, 0.5) is 11.4 Å². The Balaban J connectivity index is 1.80. The predicted molar refractivity (Wildman–Crippen MR) is 115 cm³/mol. The number of nitrogens with zero attached hydrogens (tertiary/aromatic N) is 1. The van der Waals surface area contributed by atoms with Gasteiger partial charge >= 0.3 is 0 Å². The molecule has 0 fully saturated rings. The number of benzene rings is 3. The van der Waals surface area contributed by atoms with Gasteiger partial charge in [-0.1, -0.05) is 48.5 Å². The zero-order chi connectivity index (χ0) is 20.9. The highest BCUT2D eigenvalue weighted by Crippen LogP contribution is 2.29. The maximum atomic E-state index is 12.7. The topological polar surface area (TPSA) is 75.7 Å². The molecule has 3 aromatic carbocycles. The lowest BCUT2D eigenvalue weighted by atomic mass is 10.2. The van der Waals surface area contributed by atoms with Gasteiger partial charge < -0.3 is 10.1 Å². The summed E-state index contributed by atoms with van der Waals surface area (Å²) >= 11 is 0. The van der Waals surface area contributed by atoms with Crippen LogP contribution in [0, 0.1) is 6.92 Å². The van der Waals surface area contributed by atoms with E-state index in [2.05, 4.69) is 5.32 Å². The first-order valence-corrected chi connectivity index (χ1v) is 10.8. The van der Waals surface area contributed by atoms with Gasteiger partial charge in [-0.15, -0.1) is 0 Å². The highest BCUT2D eigenvalue weighted by atomic mass is 32.2. The van der Waals surface area contributed by atoms with Gasteiger partial charge in [0.15, 0.2) is 5.75 Å². The Morgan fingerprint density at radius 1 is 0.931 bits per heavy atom. The zero-order valence-corrected chi connectivity index (χ0v) is 17.0. The van der Waals surface area contributed by atoms with Crippen LogP contribution in [0.2, 0.25) is 0 Å². The van der Waals surface area contributed by atoms with Crippen molar-refractivity contribution in [1.29, 1.82) is 0 Å². The molecule has 0 atom stereocenters. The summed E-state index contributed by atoms with van der Waals surface area (Å²) < 4.78 is 31.5. The van der Waals surface area contributed by atoms with E-state index in [1.54, 1.807) is 49.4 Å². The summed E-state index contributed by atoms with van der Waals surface area (Å²) in [4.78, 5) is 12.7. The smallest absolute Gasteiger partial charge is 0.245 e. The van der Waals surface area contributed by atoms with E-state index in [-0.39, 0.29) is 6.54 Å². The normalized spacial score (nSPS) is 11.0. The first-order valence-electron chi connectivity index (χ1n) is 9.00. The third kappa shape index (κ3) is 5.36. The van der Waals surface area contributed by atoms with Gasteiger partial charge in [0, 0.05) is 0 Å². The van der Waals surface area contributed by atoms with Crippen molar-refractivity contribution in [3.63, 3.8) is 0 Å². The molecule has 0 aliphatic heterocycles. The summed E-state index contributed by atoms with van der Waals surface area (Å²) in [5.74, 6) is 0.628. The molecule has 6 nitrogen and oxygen atoms in total. The van der Waals surface area contributed by atoms with E-state index in [0.717, 1.165) is 16.1 Å². The molecule has 0 aliphatic rings. The van der Waals surface area contributed by atoms with Crippen LogP contribution in [0.15, 0.2) is 78.9 Å². The molecule has 0 bridgehead atoms. The van der Waals surface area contributed by atoms with Crippen LogP contribution in [-0.2, 0) is 14.8 Å². The van der Waals surface area contributed by atoms with Crippen LogP contribution >= 0.6 is 0 Å². The van der Waals surface area contributed by atoms with Gasteiger partial charge in [-0.2, -0.15) is 0 Å². The number of hydrogen-bond acceptors (Lipinski definition) is 4. The van der Waals surface area contributed by atoms with Gasteiger partial charge in [0.1, 0.15) is 12.3 Å². The Morgan fingerprint density at radius 2 is 1.55 bits per heavy atom. The summed E-state index contributed by atoms with van der Waals surface area (Å²) in [7, 11) is -3.65. The van der Waals surface area contributed by atoms with Crippen molar-refractivity contribution in [2.75, 3.05) is 22.4 Å². The van der Waals surface area contributed by atoms with Gasteiger partial charge in [-0.25, -0.2) is 8.42 Å². The van der Waals surface area contributed by atoms with E-state index in [9.17, 15) is 13.2 Å². The number of hydrogen-bond donors (Lipinski definition) is 1. The third-order valence-corrected chi connectivity index (χ3v) is 5.33. The highest BCUT2D eigenvalue weighted by molar-refractivity contribution is 7.92. The maximum Gasteiger partial charge on any atom is 0.245 e. The first kappa shape index (κ1) is 20.4. The summed E-state index contributed by atoms with van der Waals surface area (Å²) in [6, 6.07) is 23.2. The van der Waals surface area contributed by atoms with Crippen LogP contribution < -0.4 is 14.4 Å². The Labute approximate surface area is 170 Å². The van der Waals surface area contributed by atoms with Crippen molar-refractivity contribution < 1.29 is 17.9 Å². The molecular formula is C22H22N2O4S. The Kier molecular flexibility index (Phi) is 6.19. The second kappa shape index (κ2) is 8.79. The van der Waals surface area contributed by atoms with Crippen molar-refractivity contribution in [2.24, 2.45) is 0 Å². The molecule has 150 valence electrons. The van der Waals surface area contributed by atoms with Crippen molar-refractivity contribution in [1.82, 2.24) is 0 Å². The van der Waals surface area contributed by atoms with E-state index in [4.69, 9.17) is 4.74 Å². The molecule has 1 N–H and O–H groups in total. The van der Waals surface area contributed by atoms with Crippen LogP contribution in [0.3, 0.4) is 0 Å². The molecule has 3 rings (SSSR count). The number of rotatable bonds is 7. The number of aryl methyl sites for hydroxylation is 1. The largest absolute Gasteiger partial charge is 0.455 e. The number of sulfonamides is 1. The maximum absolute atomic E-state index is 12.7. The number of carbonyl (C=O) groups excluding carboxylic acids is 1. The lowest BCUT2D eigenvalue weighted by molar-refractivity contribution is -0.114. The number of amides is 1. The molecule has 0 saturated carbocycles. The minimum absolute atomic E-state index is 0.344. The van der Waals surface area contributed by atoms with Crippen molar-refractivity contribution in [3.8, 4) is 11.5 Å². The summed E-state index contributed by atoms with van der Waals surface area (Å²) in [6.07, 6.45) is 1.08. The fourth-order valence-electron chi connectivity index (χ4n) is 2.82. The van der Waals surface area contributed by atoms with Crippen molar-refractivity contribution >= 4 is 27.3 Å². The lowest BCUT2D eigenvalue weighted by Crippen LogP contribution is -2.37. The molecule has 0 unspecified atom stereocenters. The molecule has 0 radical (unpaired) electrons. The number of carbonyl (C=O) groups is 1. The van der Waals surface area contributed by atoms with Gasteiger partial charge in [-0.05, 0) is 42.8 Å². The number of nitrogens with one attached hydrogen (secondary N) is 1. The van der Waals surface area contributed by atoms with Gasteiger partial charge in [0.2, 0.25) is 15.9 Å². The molecule has 0 heterocycles. The molecule has 0 saturated heterocycles. The van der Waals surface area contributed by atoms with Crippen LogP contribution in [0.25, 0.3) is 0 Å². The molecule has 3 aromatic rings. The van der Waals surface area contributed by atoms with Crippen molar-refractivity contribution in [2.45, 2.75) is 6.92 Å².